The van der Waals surface area contributed by atoms with E-state index in [1.807, 2.05) is 42.5 Å². The van der Waals surface area contributed by atoms with Gasteiger partial charge < -0.3 is 16.4 Å². The molecule has 4 nitrogen and oxygen atoms in total. The van der Waals surface area contributed by atoms with Crippen molar-refractivity contribution in [3.63, 3.8) is 0 Å². The predicted octanol–water partition coefficient (Wildman–Crippen LogP) is 3.07. The molecule has 2 aromatic carbocycles. The van der Waals surface area contributed by atoms with E-state index in [2.05, 4.69) is 29.7 Å². The summed E-state index contributed by atoms with van der Waals surface area (Å²) in [7, 11) is 0. The van der Waals surface area contributed by atoms with Gasteiger partial charge in [-0.15, -0.1) is 0 Å². The van der Waals surface area contributed by atoms with Crippen LogP contribution < -0.4 is 16.4 Å². The van der Waals surface area contributed by atoms with Crippen LogP contribution in [0, 0.1) is 0 Å². The van der Waals surface area contributed by atoms with Gasteiger partial charge in [-0.25, -0.2) is 4.79 Å². The van der Waals surface area contributed by atoms with Gasteiger partial charge in [0.25, 0.3) is 0 Å². The average Bonchev–Trinajstić information content (AvgIpc) is 2.53. The lowest BCUT2D eigenvalue weighted by atomic mass is 10.0. The van der Waals surface area contributed by atoms with E-state index in [1.54, 1.807) is 0 Å². The third-order valence-corrected chi connectivity index (χ3v) is 3.36. The molecule has 110 valence electrons. The highest BCUT2D eigenvalue weighted by Gasteiger charge is 2.07. The Morgan fingerprint density at radius 3 is 2.62 bits per heavy atom. The quantitative estimate of drug-likeness (QED) is 0.789. The van der Waals surface area contributed by atoms with Gasteiger partial charge in [-0.05, 0) is 29.2 Å². The average molecular weight is 283 g/mol. The molecule has 0 aliphatic heterocycles. The number of benzene rings is 2. The maximum Gasteiger partial charge on any atom is 0.319 e. The zero-order chi connectivity index (χ0) is 15.1. The topological polar surface area (TPSA) is 67.2 Å². The minimum Gasteiger partial charge on any atom is -0.337 e. The van der Waals surface area contributed by atoms with Crippen molar-refractivity contribution in [2.45, 2.75) is 19.4 Å². The Bertz CT molecular complexity index is 584. The Kier molecular flexibility index (Phi) is 5.35. The van der Waals surface area contributed by atoms with Crippen LogP contribution >= 0.6 is 0 Å². The molecule has 1 atom stereocenters. The summed E-state index contributed by atoms with van der Waals surface area (Å²) in [5.41, 5.74) is 8.54. The summed E-state index contributed by atoms with van der Waals surface area (Å²) in [6.45, 7) is 3.14. The Balaban J connectivity index is 1.84. The summed E-state index contributed by atoms with van der Waals surface area (Å²) in [5.74, 6) is 0.271. The van der Waals surface area contributed by atoms with Crippen LogP contribution in [-0.4, -0.2) is 12.6 Å². The molecule has 0 heterocycles. The summed E-state index contributed by atoms with van der Waals surface area (Å²) in [6.07, 6.45) is 0. The molecule has 21 heavy (non-hydrogen) atoms. The number of carbonyl (C=O) groups excluding carboxylic acids is 1. The molecular weight excluding hydrogens is 262 g/mol. The second-order valence-electron chi connectivity index (χ2n) is 5.05. The van der Waals surface area contributed by atoms with Crippen molar-refractivity contribution >= 4 is 11.7 Å². The second kappa shape index (κ2) is 7.45. The summed E-state index contributed by atoms with van der Waals surface area (Å²) in [6, 6.07) is 17.5. The number of urea groups is 1. The lowest BCUT2D eigenvalue weighted by Gasteiger charge is -2.14. The highest BCUT2D eigenvalue weighted by atomic mass is 16.2. The molecule has 0 radical (unpaired) electrons. The van der Waals surface area contributed by atoms with E-state index in [0.717, 1.165) is 11.3 Å². The number of hydrogen-bond donors (Lipinski definition) is 3. The Morgan fingerprint density at radius 2 is 1.90 bits per heavy atom. The third-order valence-electron chi connectivity index (χ3n) is 3.36. The predicted molar refractivity (Wildman–Crippen MR) is 86.2 cm³/mol. The van der Waals surface area contributed by atoms with Crippen LogP contribution in [-0.2, 0) is 6.54 Å². The molecule has 0 aliphatic carbocycles. The van der Waals surface area contributed by atoms with E-state index in [0.29, 0.717) is 13.1 Å². The monoisotopic (exact) mass is 283 g/mol. The Labute approximate surface area is 125 Å². The largest absolute Gasteiger partial charge is 0.337 e. The molecule has 0 aromatic heterocycles. The zero-order valence-electron chi connectivity index (χ0n) is 12.2. The van der Waals surface area contributed by atoms with Crippen molar-refractivity contribution in [2.75, 3.05) is 11.9 Å². The van der Waals surface area contributed by atoms with Crippen LogP contribution in [0.4, 0.5) is 10.5 Å². The number of nitrogens with one attached hydrogen (secondary N) is 2. The standard InChI is InChI=1S/C17H21N3O/c1-13(15-7-3-2-4-8-15)12-19-17(21)20-16-9-5-6-14(10-16)11-18/h2-10,13H,11-12,18H2,1H3,(H2,19,20,21). The van der Waals surface area contributed by atoms with E-state index in [4.69, 9.17) is 5.73 Å². The number of rotatable bonds is 5. The lowest BCUT2D eigenvalue weighted by Crippen LogP contribution is -2.31. The van der Waals surface area contributed by atoms with Crippen molar-refractivity contribution in [1.82, 2.24) is 5.32 Å². The van der Waals surface area contributed by atoms with Crippen LogP contribution in [0.3, 0.4) is 0 Å². The minimum absolute atomic E-state index is 0.202. The second-order valence-corrected chi connectivity index (χ2v) is 5.05. The molecule has 0 saturated heterocycles. The number of hydrogen-bond acceptors (Lipinski definition) is 2. The van der Waals surface area contributed by atoms with E-state index in [-0.39, 0.29) is 11.9 Å². The lowest BCUT2D eigenvalue weighted by molar-refractivity contribution is 0.251. The highest BCUT2D eigenvalue weighted by Crippen LogP contribution is 2.13. The van der Waals surface area contributed by atoms with Crippen LogP contribution in [0.25, 0.3) is 0 Å². The van der Waals surface area contributed by atoms with Gasteiger partial charge in [-0.1, -0.05) is 49.4 Å². The van der Waals surface area contributed by atoms with Crippen LogP contribution in [0.1, 0.15) is 24.0 Å². The minimum atomic E-state index is -0.202. The Morgan fingerprint density at radius 1 is 1.14 bits per heavy atom. The van der Waals surface area contributed by atoms with Crippen molar-refractivity contribution in [2.24, 2.45) is 5.73 Å². The fourth-order valence-electron chi connectivity index (χ4n) is 2.10. The smallest absolute Gasteiger partial charge is 0.319 e. The first-order valence-electron chi connectivity index (χ1n) is 7.08. The van der Waals surface area contributed by atoms with E-state index in [1.165, 1.54) is 5.56 Å². The van der Waals surface area contributed by atoms with Crippen molar-refractivity contribution in [3.8, 4) is 0 Å². The molecule has 0 fully saturated rings. The van der Waals surface area contributed by atoms with E-state index < -0.39 is 0 Å². The van der Waals surface area contributed by atoms with Gasteiger partial charge in [0.05, 0.1) is 0 Å². The van der Waals surface area contributed by atoms with Gasteiger partial charge in [-0.2, -0.15) is 0 Å². The van der Waals surface area contributed by atoms with Crippen LogP contribution in [0.2, 0.25) is 0 Å². The van der Waals surface area contributed by atoms with Gasteiger partial charge in [-0.3, -0.25) is 0 Å². The zero-order valence-corrected chi connectivity index (χ0v) is 12.2. The number of anilines is 1. The molecule has 4 heteroatoms. The molecule has 0 bridgehead atoms. The first kappa shape index (κ1) is 15.1. The molecule has 2 rings (SSSR count). The van der Waals surface area contributed by atoms with Crippen LogP contribution in [0.5, 0.6) is 0 Å². The normalized spacial score (nSPS) is 11.7. The summed E-state index contributed by atoms with van der Waals surface area (Å²) >= 11 is 0. The van der Waals surface area contributed by atoms with Crippen molar-refractivity contribution in [1.29, 1.82) is 0 Å². The van der Waals surface area contributed by atoms with Gasteiger partial charge in [0, 0.05) is 18.8 Å². The SMILES string of the molecule is CC(CNC(=O)Nc1cccc(CN)c1)c1ccccc1. The first-order valence-corrected chi connectivity index (χ1v) is 7.08. The summed E-state index contributed by atoms with van der Waals surface area (Å²) < 4.78 is 0. The van der Waals surface area contributed by atoms with E-state index >= 15 is 0 Å². The first-order chi connectivity index (χ1) is 10.2. The number of amides is 2. The summed E-state index contributed by atoms with van der Waals surface area (Å²) in [5, 5.41) is 5.70. The molecule has 0 aliphatic rings. The van der Waals surface area contributed by atoms with Gasteiger partial charge in [0.1, 0.15) is 0 Å². The third kappa shape index (κ3) is 4.61. The van der Waals surface area contributed by atoms with Crippen molar-refractivity contribution in [3.05, 3.63) is 65.7 Å². The summed E-state index contributed by atoms with van der Waals surface area (Å²) in [4.78, 5) is 11.9. The number of nitrogens with two attached hydrogens (primary N) is 1. The molecule has 1 unspecified atom stereocenters. The molecule has 2 amide bonds. The maximum absolute atomic E-state index is 11.9. The molecule has 0 spiro atoms. The molecular formula is C17H21N3O. The highest BCUT2D eigenvalue weighted by molar-refractivity contribution is 5.89. The number of carbonyl (C=O) groups is 1. The van der Waals surface area contributed by atoms with Gasteiger partial charge in [0.2, 0.25) is 0 Å². The van der Waals surface area contributed by atoms with E-state index in [9.17, 15) is 4.79 Å². The molecule has 2 aromatic rings. The fraction of sp³-hybridized carbons (Fsp3) is 0.235. The molecule has 4 N–H and O–H groups in total. The maximum atomic E-state index is 11.9. The van der Waals surface area contributed by atoms with Crippen molar-refractivity contribution < 1.29 is 4.79 Å². The van der Waals surface area contributed by atoms with Crippen LogP contribution in [0.15, 0.2) is 54.6 Å². The fourth-order valence-corrected chi connectivity index (χ4v) is 2.10. The van der Waals surface area contributed by atoms with Gasteiger partial charge in [0.15, 0.2) is 0 Å². The molecule has 0 saturated carbocycles. The van der Waals surface area contributed by atoms with Gasteiger partial charge >= 0.3 is 6.03 Å². The Hall–Kier alpha value is -2.33.